The molecule has 0 unspecified atom stereocenters. The quantitative estimate of drug-likeness (QED) is 0.683. The Labute approximate surface area is 168 Å². The summed E-state index contributed by atoms with van der Waals surface area (Å²) in [6.07, 6.45) is 1.80. The van der Waals surface area contributed by atoms with Gasteiger partial charge in [0.05, 0.1) is 5.69 Å². The third kappa shape index (κ3) is 3.46. The van der Waals surface area contributed by atoms with Crippen LogP contribution in [-0.4, -0.2) is 22.2 Å². The maximum Gasteiger partial charge on any atom is 0.267 e. The molecule has 0 atom stereocenters. The number of para-hydroxylation sites is 1. The largest absolute Gasteiger partial charge is 0.310 e. The third-order valence-electron chi connectivity index (χ3n) is 5.35. The van der Waals surface area contributed by atoms with Crippen molar-refractivity contribution in [2.24, 2.45) is 0 Å². The first-order chi connectivity index (χ1) is 13.9. The van der Waals surface area contributed by atoms with E-state index in [1.165, 1.54) is 22.9 Å². The van der Waals surface area contributed by atoms with Gasteiger partial charge in [-0.3, -0.25) is 9.59 Å². The number of nitrogens with zero attached hydrogens (tertiary/aromatic N) is 3. The zero-order valence-electron chi connectivity index (χ0n) is 16.4. The van der Waals surface area contributed by atoms with Gasteiger partial charge in [0.25, 0.3) is 11.5 Å². The van der Waals surface area contributed by atoms with E-state index in [1.54, 1.807) is 36.9 Å². The number of hydrogen-bond acceptors (Lipinski definition) is 3. The van der Waals surface area contributed by atoms with Gasteiger partial charge in [0.1, 0.15) is 11.4 Å². The van der Waals surface area contributed by atoms with Crippen LogP contribution in [0.1, 0.15) is 25.8 Å². The predicted octanol–water partition coefficient (Wildman–Crippen LogP) is 3.76. The maximum absolute atomic E-state index is 13.5. The lowest BCUT2D eigenvalue weighted by Gasteiger charge is -2.36. The van der Waals surface area contributed by atoms with Crippen LogP contribution in [0.4, 0.5) is 10.1 Å². The summed E-state index contributed by atoms with van der Waals surface area (Å²) < 4.78 is 14.5. The number of halogens is 1. The standard InChI is InChI=1S/C23H22FN3O2/c1-23(2,22(29)26-15-5-7-17-6-3-4-8-20(17)26)27-21(28)14-13-19(25-27)16-9-11-18(24)12-10-16/h3-4,6,8-14H,5,7,15H2,1-2H3. The lowest BCUT2D eigenvalue weighted by molar-refractivity contribution is -0.126. The van der Waals surface area contributed by atoms with Gasteiger partial charge < -0.3 is 4.90 Å². The third-order valence-corrected chi connectivity index (χ3v) is 5.35. The van der Waals surface area contributed by atoms with Gasteiger partial charge in [-0.05, 0) is 68.7 Å². The van der Waals surface area contributed by atoms with Crippen LogP contribution in [0.15, 0.2) is 65.5 Å². The minimum absolute atomic E-state index is 0.185. The van der Waals surface area contributed by atoms with E-state index in [9.17, 15) is 14.0 Å². The molecule has 0 radical (unpaired) electrons. The van der Waals surface area contributed by atoms with Gasteiger partial charge in [0, 0.05) is 23.9 Å². The Morgan fingerprint density at radius 2 is 1.76 bits per heavy atom. The van der Waals surface area contributed by atoms with E-state index >= 15 is 0 Å². The van der Waals surface area contributed by atoms with Crippen molar-refractivity contribution in [1.29, 1.82) is 0 Å². The Kier molecular flexibility index (Phi) is 4.78. The zero-order chi connectivity index (χ0) is 20.6. The number of benzene rings is 2. The van der Waals surface area contributed by atoms with Crippen LogP contribution >= 0.6 is 0 Å². The molecule has 0 bridgehead atoms. The smallest absolute Gasteiger partial charge is 0.267 e. The number of carbonyl (C=O) groups is 1. The average Bonchev–Trinajstić information content (AvgIpc) is 2.73. The predicted molar refractivity (Wildman–Crippen MR) is 110 cm³/mol. The molecule has 6 heteroatoms. The molecule has 1 amide bonds. The number of rotatable bonds is 3. The molecule has 5 nitrogen and oxygen atoms in total. The van der Waals surface area contributed by atoms with Crippen LogP contribution in [0.2, 0.25) is 0 Å². The number of hydrogen-bond donors (Lipinski definition) is 0. The number of fused-ring (bicyclic) bond motifs is 1. The minimum Gasteiger partial charge on any atom is -0.310 e. The molecule has 1 aliphatic heterocycles. The normalized spacial score (nSPS) is 13.8. The summed E-state index contributed by atoms with van der Waals surface area (Å²) in [5, 5.41) is 4.45. The van der Waals surface area contributed by atoms with Crippen molar-refractivity contribution in [3.63, 3.8) is 0 Å². The Balaban J connectivity index is 1.74. The molecule has 1 aliphatic rings. The fourth-order valence-electron chi connectivity index (χ4n) is 3.75. The van der Waals surface area contributed by atoms with Crippen molar-refractivity contribution in [2.75, 3.05) is 11.4 Å². The summed E-state index contributed by atoms with van der Waals surface area (Å²) in [5.41, 5.74) is 1.65. The highest BCUT2D eigenvalue weighted by molar-refractivity contribution is 5.99. The minimum atomic E-state index is -1.18. The maximum atomic E-state index is 13.5. The summed E-state index contributed by atoms with van der Waals surface area (Å²) in [5.74, 6) is -0.531. The summed E-state index contributed by atoms with van der Waals surface area (Å²) >= 11 is 0. The summed E-state index contributed by atoms with van der Waals surface area (Å²) in [4.78, 5) is 27.9. The van der Waals surface area contributed by atoms with Crippen molar-refractivity contribution < 1.29 is 9.18 Å². The highest BCUT2D eigenvalue weighted by atomic mass is 19.1. The number of anilines is 1. The second kappa shape index (κ2) is 7.28. The molecule has 0 spiro atoms. The van der Waals surface area contributed by atoms with E-state index in [0.29, 0.717) is 17.8 Å². The molecule has 0 aliphatic carbocycles. The van der Waals surface area contributed by atoms with Gasteiger partial charge in [-0.1, -0.05) is 18.2 Å². The lowest BCUT2D eigenvalue weighted by atomic mass is 9.97. The molecule has 0 saturated carbocycles. The molecule has 1 aromatic heterocycles. The zero-order valence-corrected chi connectivity index (χ0v) is 16.4. The van der Waals surface area contributed by atoms with E-state index in [2.05, 4.69) is 5.10 Å². The molecule has 148 valence electrons. The SMILES string of the molecule is CC(C)(C(=O)N1CCCc2ccccc21)n1nc(-c2ccc(F)cc2)ccc1=O. The van der Waals surface area contributed by atoms with Crippen LogP contribution < -0.4 is 10.5 Å². The Hall–Kier alpha value is -3.28. The van der Waals surface area contributed by atoms with Crippen molar-refractivity contribution >= 4 is 11.6 Å². The number of aromatic nitrogens is 2. The van der Waals surface area contributed by atoms with Crippen LogP contribution in [0, 0.1) is 5.82 Å². The second-order valence-electron chi connectivity index (χ2n) is 7.72. The molecule has 0 saturated heterocycles. The fraction of sp³-hybridized carbons (Fsp3) is 0.261. The van der Waals surface area contributed by atoms with Crippen molar-refractivity contribution in [3.05, 3.63) is 82.4 Å². The van der Waals surface area contributed by atoms with Crippen molar-refractivity contribution in [3.8, 4) is 11.3 Å². The highest BCUT2D eigenvalue weighted by Crippen LogP contribution is 2.30. The molecule has 3 aromatic rings. The molecule has 0 fully saturated rings. The molecular formula is C23H22FN3O2. The molecule has 2 aromatic carbocycles. The van der Waals surface area contributed by atoms with Crippen molar-refractivity contribution in [1.82, 2.24) is 9.78 Å². The lowest BCUT2D eigenvalue weighted by Crippen LogP contribution is -2.52. The molecule has 2 heterocycles. The molecule has 0 N–H and O–H groups in total. The topological polar surface area (TPSA) is 55.2 Å². The fourth-order valence-corrected chi connectivity index (χ4v) is 3.75. The van der Waals surface area contributed by atoms with E-state index in [-0.39, 0.29) is 17.3 Å². The van der Waals surface area contributed by atoms with E-state index in [1.807, 2.05) is 24.3 Å². The molecule has 4 rings (SSSR count). The molecular weight excluding hydrogens is 369 g/mol. The Morgan fingerprint density at radius 3 is 2.52 bits per heavy atom. The summed E-state index contributed by atoms with van der Waals surface area (Å²) in [7, 11) is 0. The van der Waals surface area contributed by atoms with Gasteiger partial charge in [-0.2, -0.15) is 5.10 Å². The number of aryl methyl sites for hydroxylation is 1. The van der Waals surface area contributed by atoms with E-state index < -0.39 is 5.54 Å². The first kappa shape index (κ1) is 19.1. The van der Waals surface area contributed by atoms with Gasteiger partial charge in [-0.25, -0.2) is 9.07 Å². The highest BCUT2D eigenvalue weighted by Gasteiger charge is 2.38. The van der Waals surface area contributed by atoms with Crippen LogP contribution in [-0.2, 0) is 16.8 Å². The van der Waals surface area contributed by atoms with Gasteiger partial charge in [-0.15, -0.1) is 0 Å². The monoisotopic (exact) mass is 391 g/mol. The summed E-state index contributed by atoms with van der Waals surface area (Å²) in [6.45, 7) is 4.01. The number of carbonyl (C=O) groups excluding carboxylic acids is 1. The summed E-state index contributed by atoms with van der Waals surface area (Å²) in [6, 6.07) is 16.7. The van der Waals surface area contributed by atoms with Crippen LogP contribution in [0.3, 0.4) is 0 Å². The first-order valence-electron chi connectivity index (χ1n) is 9.64. The van der Waals surface area contributed by atoms with Crippen LogP contribution in [0.25, 0.3) is 11.3 Å². The average molecular weight is 391 g/mol. The van der Waals surface area contributed by atoms with E-state index in [0.717, 1.165) is 24.1 Å². The Bertz CT molecular complexity index is 1120. The van der Waals surface area contributed by atoms with Gasteiger partial charge >= 0.3 is 0 Å². The Morgan fingerprint density at radius 1 is 1.03 bits per heavy atom. The van der Waals surface area contributed by atoms with Gasteiger partial charge in [0.15, 0.2) is 0 Å². The van der Waals surface area contributed by atoms with E-state index in [4.69, 9.17) is 0 Å². The van der Waals surface area contributed by atoms with Crippen LogP contribution in [0.5, 0.6) is 0 Å². The first-order valence-corrected chi connectivity index (χ1v) is 9.64. The number of amides is 1. The molecule has 29 heavy (non-hydrogen) atoms. The van der Waals surface area contributed by atoms with Crippen molar-refractivity contribution in [2.45, 2.75) is 32.2 Å². The second-order valence-corrected chi connectivity index (χ2v) is 7.72. The van der Waals surface area contributed by atoms with Gasteiger partial charge in [0.2, 0.25) is 0 Å².